The standard InChI is InChI=1S/C6H5O2.C5H5.Co/c7-6(8)5-3-1-2-4-5;1-2-4-5-3-1;/h1-4H,(H,7,8);1-5H;/q-1;-5;. The predicted octanol–water partition coefficient (Wildman–Crippen LogP) is 2.51. The van der Waals surface area contributed by atoms with Crippen molar-refractivity contribution in [2.75, 3.05) is 0 Å². The average Bonchev–Trinajstić information content (AvgIpc) is 2.82. The number of hydrogen-bond donors (Lipinski definition) is 1. The van der Waals surface area contributed by atoms with E-state index in [4.69, 9.17) is 5.11 Å². The van der Waals surface area contributed by atoms with Crippen LogP contribution in [0.5, 0.6) is 0 Å². The van der Waals surface area contributed by atoms with Gasteiger partial charge in [-0.05, 0) is 0 Å². The molecule has 0 atom stereocenters. The molecule has 0 aliphatic heterocycles. The first-order valence-electron chi connectivity index (χ1n) is 3.92. The molecule has 0 saturated heterocycles. The number of carboxylic acid groups (broad SMARTS) is 1. The van der Waals surface area contributed by atoms with E-state index in [1.165, 1.54) is 0 Å². The van der Waals surface area contributed by atoms with Crippen molar-refractivity contribution >= 4 is 5.97 Å². The van der Waals surface area contributed by atoms with Crippen LogP contribution < -0.4 is 0 Å². The van der Waals surface area contributed by atoms with Gasteiger partial charge in [0, 0.05) is 16.8 Å². The minimum atomic E-state index is -0.866. The summed E-state index contributed by atoms with van der Waals surface area (Å²) in [6.07, 6.45) is 0. The summed E-state index contributed by atoms with van der Waals surface area (Å²) >= 11 is 0. The van der Waals surface area contributed by atoms with Crippen LogP contribution in [0.4, 0.5) is 0 Å². The monoisotopic (exact) mass is 233 g/mol. The topological polar surface area (TPSA) is 37.3 Å². The number of carboxylic acids is 1. The zero-order chi connectivity index (χ0) is 9.52. The van der Waals surface area contributed by atoms with Gasteiger partial charge in [-0.3, -0.25) is 4.79 Å². The van der Waals surface area contributed by atoms with Crippen LogP contribution in [0, 0.1) is 0 Å². The van der Waals surface area contributed by atoms with E-state index in [0.717, 1.165) is 0 Å². The minimum absolute atomic E-state index is 0. The molecule has 2 rings (SSSR count). The van der Waals surface area contributed by atoms with E-state index in [2.05, 4.69) is 0 Å². The third-order valence-corrected chi connectivity index (χ3v) is 1.47. The van der Waals surface area contributed by atoms with Gasteiger partial charge in [-0.25, -0.2) is 12.1 Å². The maximum atomic E-state index is 10.1. The fraction of sp³-hybridized carbons (Fsp3) is 0. The summed E-state index contributed by atoms with van der Waals surface area (Å²) in [6, 6.07) is 16.5. The van der Waals surface area contributed by atoms with Gasteiger partial charge in [-0.15, -0.1) is 0 Å². The van der Waals surface area contributed by atoms with Crippen molar-refractivity contribution < 1.29 is 26.7 Å². The Hall–Kier alpha value is -1.32. The molecule has 3 heteroatoms. The molecule has 2 nitrogen and oxygen atoms in total. The third-order valence-electron chi connectivity index (χ3n) is 1.47. The second-order valence-corrected chi connectivity index (χ2v) is 2.44. The maximum Gasteiger partial charge on any atom is 0.278 e. The second-order valence-electron chi connectivity index (χ2n) is 2.44. The molecule has 0 aliphatic rings. The van der Waals surface area contributed by atoms with Crippen LogP contribution >= 0.6 is 0 Å². The quantitative estimate of drug-likeness (QED) is 0.768. The van der Waals surface area contributed by atoms with Gasteiger partial charge in [0.25, 0.3) is 5.97 Å². The Morgan fingerprint density at radius 1 is 1.00 bits per heavy atom. The molecule has 0 saturated carbocycles. The van der Waals surface area contributed by atoms with E-state index in [1.54, 1.807) is 24.3 Å². The predicted molar refractivity (Wildman–Crippen MR) is 51.0 cm³/mol. The van der Waals surface area contributed by atoms with Crippen LogP contribution in [0.15, 0.2) is 54.6 Å². The Bertz CT molecular complexity index is 305. The van der Waals surface area contributed by atoms with Crippen LogP contribution in [0.1, 0.15) is 10.4 Å². The normalized spacial score (nSPS) is 8.00. The molecule has 1 radical (unpaired) electrons. The van der Waals surface area contributed by atoms with Crippen LogP contribution in [0.2, 0.25) is 0 Å². The van der Waals surface area contributed by atoms with Crippen molar-refractivity contribution in [2.24, 2.45) is 0 Å². The van der Waals surface area contributed by atoms with E-state index in [9.17, 15) is 4.79 Å². The van der Waals surface area contributed by atoms with E-state index in [1.807, 2.05) is 30.3 Å². The molecule has 0 unspecified atom stereocenters. The third kappa shape index (κ3) is 4.64. The molecule has 1 N–H and O–H groups in total. The summed E-state index contributed by atoms with van der Waals surface area (Å²) in [7, 11) is 0. The first-order chi connectivity index (χ1) is 6.30. The van der Waals surface area contributed by atoms with Gasteiger partial charge in [-0.2, -0.15) is 12.1 Å². The Labute approximate surface area is 93.1 Å². The average molecular weight is 233 g/mol. The first kappa shape index (κ1) is 12.7. The molecule has 0 aromatic heterocycles. The van der Waals surface area contributed by atoms with Gasteiger partial charge in [0.1, 0.15) is 0 Å². The minimum Gasteiger partial charge on any atom is -0.748 e. The molecular formula is C11H10CoO2-6. The summed E-state index contributed by atoms with van der Waals surface area (Å²) in [4.78, 5) is 10.1. The summed E-state index contributed by atoms with van der Waals surface area (Å²) in [6.45, 7) is 0. The van der Waals surface area contributed by atoms with Gasteiger partial charge in [-0.1, -0.05) is 5.56 Å². The van der Waals surface area contributed by atoms with Crippen LogP contribution in [-0.4, -0.2) is 11.1 Å². The van der Waals surface area contributed by atoms with E-state index in [-0.39, 0.29) is 16.8 Å². The van der Waals surface area contributed by atoms with E-state index >= 15 is 0 Å². The molecule has 0 spiro atoms. The van der Waals surface area contributed by atoms with Crippen LogP contribution in [0.25, 0.3) is 0 Å². The van der Waals surface area contributed by atoms with Crippen LogP contribution in [-0.2, 0) is 16.8 Å². The van der Waals surface area contributed by atoms with Gasteiger partial charge in [0.15, 0.2) is 0 Å². The molecule has 2 aromatic rings. The molecule has 0 amide bonds. The summed E-state index contributed by atoms with van der Waals surface area (Å²) < 4.78 is 0. The van der Waals surface area contributed by atoms with Crippen molar-refractivity contribution in [1.29, 1.82) is 0 Å². The van der Waals surface area contributed by atoms with E-state index in [0.29, 0.717) is 5.56 Å². The molecule has 14 heavy (non-hydrogen) atoms. The van der Waals surface area contributed by atoms with Gasteiger partial charge >= 0.3 is 0 Å². The Morgan fingerprint density at radius 2 is 1.36 bits per heavy atom. The SMILES string of the molecule is O=C(O)[c-]1cccc1.[Co].[cH-]1[cH-][cH-][cH-][cH-]1. The van der Waals surface area contributed by atoms with Crippen LogP contribution in [0.3, 0.4) is 0 Å². The zero-order valence-corrected chi connectivity index (χ0v) is 8.43. The molecule has 0 heterocycles. The molecular weight excluding hydrogens is 223 g/mol. The first-order valence-corrected chi connectivity index (χ1v) is 3.92. The summed E-state index contributed by atoms with van der Waals surface area (Å²) in [5.74, 6) is -0.866. The molecule has 81 valence electrons. The number of aromatic carboxylic acids is 1. The fourth-order valence-electron chi connectivity index (χ4n) is 0.837. The number of carbonyl (C=O) groups is 1. The zero-order valence-electron chi connectivity index (χ0n) is 7.38. The van der Waals surface area contributed by atoms with Gasteiger partial charge in [0.2, 0.25) is 0 Å². The van der Waals surface area contributed by atoms with Crippen molar-refractivity contribution in [1.82, 2.24) is 0 Å². The molecule has 0 fully saturated rings. The molecule has 2 aromatic carbocycles. The van der Waals surface area contributed by atoms with Crippen molar-refractivity contribution in [3.63, 3.8) is 0 Å². The van der Waals surface area contributed by atoms with E-state index < -0.39 is 5.97 Å². The van der Waals surface area contributed by atoms with Gasteiger partial charge in [0.05, 0.1) is 0 Å². The fourth-order valence-corrected chi connectivity index (χ4v) is 0.837. The maximum absolute atomic E-state index is 10.1. The summed E-state index contributed by atoms with van der Waals surface area (Å²) in [5, 5.41) is 8.27. The number of hydrogen-bond acceptors (Lipinski definition) is 1. The van der Waals surface area contributed by atoms with Gasteiger partial charge < -0.3 is 35.4 Å². The Kier molecular flexibility index (Phi) is 6.44. The Morgan fingerprint density at radius 3 is 1.57 bits per heavy atom. The molecule has 0 bridgehead atoms. The number of rotatable bonds is 1. The summed E-state index contributed by atoms with van der Waals surface area (Å²) in [5.41, 5.74) is 0.352. The second kappa shape index (κ2) is 7.12. The van der Waals surface area contributed by atoms with Crippen molar-refractivity contribution in [3.8, 4) is 0 Å². The smallest absolute Gasteiger partial charge is 0.278 e. The molecule has 0 aliphatic carbocycles. The Balaban J connectivity index is 0.000000246. The van der Waals surface area contributed by atoms with Crippen molar-refractivity contribution in [2.45, 2.75) is 0 Å². The van der Waals surface area contributed by atoms with Crippen molar-refractivity contribution in [3.05, 3.63) is 60.2 Å². The largest absolute Gasteiger partial charge is 0.748 e.